The Balaban J connectivity index is 1.35. The van der Waals surface area contributed by atoms with Gasteiger partial charge in [-0.1, -0.05) is 12.1 Å². The monoisotopic (exact) mass is 342 g/mol. The third kappa shape index (κ3) is 4.62. The molecule has 1 heterocycles. The number of nitrogens with one attached hydrogen (secondary N) is 2. The van der Waals surface area contributed by atoms with E-state index in [1.165, 1.54) is 0 Å². The Labute approximate surface area is 146 Å². The van der Waals surface area contributed by atoms with Gasteiger partial charge in [0.1, 0.15) is 11.5 Å². The molecule has 1 fully saturated rings. The van der Waals surface area contributed by atoms with Crippen LogP contribution >= 0.6 is 0 Å². The lowest BCUT2D eigenvalue weighted by molar-refractivity contribution is -0.127. The molecule has 1 aromatic heterocycles. The lowest BCUT2D eigenvalue weighted by Gasteiger charge is -2.06. The number of hydrogen-bond donors (Lipinski definition) is 2. The molecule has 0 radical (unpaired) electrons. The van der Waals surface area contributed by atoms with Crippen LogP contribution in [0.15, 0.2) is 47.1 Å². The molecule has 1 aliphatic rings. The Bertz CT molecular complexity index is 710. The van der Waals surface area contributed by atoms with Gasteiger partial charge in [-0.15, -0.1) is 0 Å². The van der Waals surface area contributed by atoms with Gasteiger partial charge in [0.25, 0.3) is 0 Å². The maximum Gasteiger partial charge on any atom is 0.224 e. The number of amides is 2. The first-order chi connectivity index (χ1) is 12.2. The van der Waals surface area contributed by atoms with Gasteiger partial charge in [-0.25, -0.2) is 0 Å². The van der Waals surface area contributed by atoms with Crippen molar-refractivity contribution in [3.8, 4) is 5.75 Å². The SMILES string of the molecule is COc1ccc(CCNC(=O)C2CC2C(=O)NCc2ccco2)cc1. The molecule has 0 saturated heterocycles. The summed E-state index contributed by atoms with van der Waals surface area (Å²) in [5.41, 5.74) is 1.13. The molecule has 6 heteroatoms. The van der Waals surface area contributed by atoms with Crippen LogP contribution in [-0.2, 0) is 22.6 Å². The Morgan fingerprint density at radius 1 is 1.12 bits per heavy atom. The summed E-state index contributed by atoms with van der Waals surface area (Å²) in [5.74, 6) is 0.936. The first-order valence-electron chi connectivity index (χ1n) is 8.38. The van der Waals surface area contributed by atoms with Crippen LogP contribution in [0.3, 0.4) is 0 Å². The second kappa shape index (κ2) is 7.88. The zero-order chi connectivity index (χ0) is 17.6. The topological polar surface area (TPSA) is 80.6 Å². The van der Waals surface area contributed by atoms with Crippen LogP contribution in [0, 0.1) is 11.8 Å². The molecule has 2 atom stereocenters. The van der Waals surface area contributed by atoms with Crippen molar-refractivity contribution in [1.29, 1.82) is 0 Å². The predicted octanol–water partition coefficient (Wildman–Crippen LogP) is 1.90. The van der Waals surface area contributed by atoms with E-state index in [1.807, 2.05) is 24.3 Å². The molecule has 1 saturated carbocycles. The summed E-state index contributed by atoms with van der Waals surface area (Å²) in [6.45, 7) is 0.913. The highest BCUT2D eigenvalue weighted by molar-refractivity contribution is 5.92. The van der Waals surface area contributed by atoms with Gasteiger partial charge >= 0.3 is 0 Å². The molecule has 132 valence electrons. The van der Waals surface area contributed by atoms with Gasteiger partial charge in [0.05, 0.1) is 31.8 Å². The van der Waals surface area contributed by atoms with Crippen molar-refractivity contribution >= 4 is 11.8 Å². The standard InChI is InChI=1S/C19H22N2O4/c1-24-14-6-4-13(5-7-14)8-9-20-18(22)16-11-17(16)19(23)21-12-15-3-2-10-25-15/h2-7,10,16-17H,8-9,11-12H2,1H3,(H,20,22)(H,21,23). The molecular formula is C19H22N2O4. The van der Waals surface area contributed by atoms with Gasteiger partial charge in [0, 0.05) is 6.54 Å². The van der Waals surface area contributed by atoms with Gasteiger partial charge in [0.2, 0.25) is 11.8 Å². The summed E-state index contributed by atoms with van der Waals surface area (Å²) in [7, 11) is 1.63. The van der Waals surface area contributed by atoms with Gasteiger partial charge in [-0.05, 0) is 42.7 Å². The van der Waals surface area contributed by atoms with Crippen LogP contribution in [-0.4, -0.2) is 25.5 Å². The number of furan rings is 1. The molecule has 2 aromatic rings. The number of carbonyl (C=O) groups is 2. The molecule has 3 rings (SSSR count). The predicted molar refractivity (Wildman–Crippen MR) is 91.9 cm³/mol. The van der Waals surface area contributed by atoms with E-state index in [4.69, 9.17) is 9.15 Å². The van der Waals surface area contributed by atoms with E-state index >= 15 is 0 Å². The fourth-order valence-electron chi connectivity index (χ4n) is 2.75. The lowest BCUT2D eigenvalue weighted by atomic mass is 10.1. The van der Waals surface area contributed by atoms with Crippen molar-refractivity contribution in [3.63, 3.8) is 0 Å². The zero-order valence-corrected chi connectivity index (χ0v) is 14.2. The van der Waals surface area contributed by atoms with Crippen molar-refractivity contribution < 1.29 is 18.7 Å². The molecule has 0 aliphatic heterocycles. The molecule has 0 spiro atoms. The van der Waals surface area contributed by atoms with E-state index in [2.05, 4.69) is 10.6 Å². The summed E-state index contributed by atoms with van der Waals surface area (Å²) in [6.07, 6.45) is 2.92. The van der Waals surface area contributed by atoms with E-state index < -0.39 is 0 Å². The van der Waals surface area contributed by atoms with Crippen molar-refractivity contribution in [3.05, 3.63) is 54.0 Å². The van der Waals surface area contributed by atoms with Gasteiger partial charge in [-0.3, -0.25) is 9.59 Å². The van der Waals surface area contributed by atoms with E-state index in [0.29, 0.717) is 25.3 Å². The number of hydrogen-bond acceptors (Lipinski definition) is 4. The molecule has 6 nitrogen and oxygen atoms in total. The zero-order valence-electron chi connectivity index (χ0n) is 14.2. The third-order valence-electron chi connectivity index (χ3n) is 4.35. The summed E-state index contributed by atoms with van der Waals surface area (Å²) in [4.78, 5) is 24.1. The average Bonchev–Trinajstić information content (AvgIpc) is 3.28. The largest absolute Gasteiger partial charge is 0.497 e. The van der Waals surface area contributed by atoms with E-state index in [9.17, 15) is 9.59 Å². The van der Waals surface area contributed by atoms with Crippen LogP contribution in [0.25, 0.3) is 0 Å². The summed E-state index contributed by atoms with van der Waals surface area (Å²) >= 11 is 0. The third-order valence-corrected chi connectivity index (χ3v) is 4.35. The van der Waals surface area contributed by atoms with Crippen LogP contribution < -0.4 is 15.4 Å². The molecule has 25 heavy (non-hydrogen) atoms. The Hall–Kier alpha value is -2.76. The van der Waals surface area contributed by atoms with Gasteiger partial charge in [0.15, 0.2) is 0 Å². The van der Waals surface area contributed by atoms with Crippen molar-refractivity contribution in [2.24, 2.45) is 11.8 Å². The van der Waals surface area contributed by atoms with E-state index in [1.54, 1.807) is 25.5 Å². The maximum absolute atomic E-state index is 12.1. The Morgan fingerprint density at radius 2 is 1.84 bits per heavy atom. The highest BCUT2D eigenvalue weighted by Gasteiger charge is 2.47. The molecule has 1 aromatic carbocycles. The van der Waals surface area contributed by atoms with Crippen LogP contribution in [0.1, 0.15) is 17.7 Å². The quantitative estimate of drug-likeness (QED) is 0.768. The smallest absolute Gasteiger partial charge is 0.224 e. The minimum atomic E-state index is -0.226. The molecule has 2 N–H and O–H groups in total. The van der Waals surface area contributed by atoms with Crippen LogP contribution in [0.4, 0.5) is 0 Å². The Morgan fingerprint density at radius 3 is 2.48 bits per heavy atom. The number of ether oxygens (including phenoxy) is 1. The second-order valence-electron chi connectivity index (χ2n) is 6.13. The lowest BCUT2D eigenvalue weighted by Crippen LogP contribution is -2.31. The number of carbonyl (C=O) groups excluding carboxylic acids is 2. The van der Waals surface area contributed by atoms with Gasteiger partial charge < -0.3 is 19.8 Å². The fourth-order valence-corrected chi connectivity index (χ4v) is 2.75. The highest BCUT2D eigenvalue weighted by atomic mass is 16.5. The van der Waals surface area contributed by atoms with Crippen molar-refractivity contribution in [1.82, 2.24) is 10.6 Å². The van der Waals surface area contributed by atoms with Crippen LogP contribution in [0.2, 0.25) is 0 Å². The minimum absolute atomic E-state index is 0.0494. The number of rotatable bonds is 8. The maximum atomic E-state index is 12.1. The van der Waals surface area contributed by atoms with Crippen molar-refractivity contribution in [2.75, 3.05) is 13.7 Å². The molecule has 2 unspecified atom stereocenters. The number of methoxy groups -OCH3 is 1. The van der Waals surface area contributed by atoms with E-state index in [-0.39, 0.29) is 23.7 Å². The summed E-state index contributed by atoms with van der Waals surface area (Å²) < 4.78 is 10.3. The first-order valence-corrected chi connectivity index (χ1v) is 8.38. The average molecular weight is 342 g/mol. The fraction of sp³-hybridized carbons (Fsp3) is 0.368. The first kappa shape index (κ1) is 17.1. The summed E-state index contributed by atoms with van der Waals surface area (Å²) in [5, 5.41) is 5.71. The van der Waals surface area contributed by atoms with Crippen molar-refractivity contribution in [2.45, 2.75) is 19.4 Å². The Kier molecular flexibility index (Phi) is 5.38. The molecular weight excluding hydrogens is 320 g/mol. The van der Waals surface area contributed by atoms with E-state index in [0.717, 1.165) is 17.7 Å². The summed E-state index contributed by atoms with van der Waals surface area (Å²) in [6, 6.07) is 11.3. The molecule has 2 amide bonds. The molecule has 0 bridgehead atoms. The second-order valence-corrected chi connectivity index (χ2v) is 6.13. The molecule has 1 aliphatic carbocycles. The normalized spacial score (nSPS) is 18.4. The minimum Gasteiger partial charge on any atom is -0.497 e. The van der Waals surface area contributed by atoms with Gasteiger partial charge in [-0.2, -0.15) is 0 Å². The van der Waals surface area contributed by atoms with Crippen LogP contribution in [0.5, 0.6) is 5.75 Å². The highest BCUT2D eigenvalue weighted by Crippen LogP contribution is 2.38. The number of benzene rings is 1.